The van der Waals surface area contributed by atoms with Crippen molar-refractivity contribution < 1.29 is 0 Å². The maximum absolute atomic E-state index is 3.24. The summed E-state index contributed by atoms with van der Waals surface area (Å²) in [4.78, 5) is 2.33. The molecule has 0 saturated carbocycles. The SMILES string of the molecule is CCN(C)C(C)C(C)NC. The van der Waals surface area contributed by atoms with Crippen molar-refractivity contribution >= 4 is 0 Å². The average molecular weight is 144 g/mol. The van der Waals surface area contributed by atoms with Crippen molar-refractivity contribution in [1.29, 1.82) is 0 Å². The van der Waals surface area contributed by atoms with Crippen LogP contribution in [0.5, 0.6) is 0 Å². The zero-order chi connectivity index (χ0) is 8.15. The van der Waals surface area contributed by atoms with E-state index in [1.54, 1.807) is 0 Å². The van der Waals surface area contributed by atoms with E-state index in [9.17, 15) is 0 Å². The minimum Gasteiger partial charge on any atom is -0.316 e. The van der Waals surface area contributed by atoms with Crippen LogP contribution in [0, 0.1) is 0 Å². The zero-order valence-electron chi connectivity index (χ0n) is 7.81. The van der Waals surface area contributed by atoms with Gasteiger partial charge in [-0.05, 0) is 34.5 Å². The van der Waals surface area contributed by atoms with Crippen molar-refractivity contribution in [3.63, 3.8) is 0 Å². The molecule has 62 valence electrons. The van der Waals surface area contributed by atoms with Crippen molar-refractivity contribution in [1.82, 2.24) is 10.2 Å². The van der Waals surface area contributed by atoms with Gasteiger partial charge >= 0.3 is 0 Å². The highest BCUT2D eigenvalue weighted by atomic mass is 15.1. The van der Waals surface area contributed by atoms with E-state index >= 15 is 0 Å². The molecule has 0 aliphatic rings. The van der Waals surface area contributed by atoms with Gasteiger partial charge in [-0.1, -0.05) is 6.92 Å². The molecular formula is C8H20N2. The molecular weight excluding hydrogens is 124 g/mol. The molecule has 2 nitrogen and oxygen atoms in total. The Hall–Kier alpha value is -0.0800. The molecule has 10 heavy (non-hydrogen) atoms. The summed E-state index contributed by atoms with van der Waals surface area (Å²) >= 11 is 0. The lowest BCUT2D eigenvalue weighted by Crippen LogP contribution is -2.43. The topological polar surface area (TPSA) is 15.3 Å². The van der Waals surface area contributed by atoms with Crippen molar-refractivity contribution in [2.24, 2.45) is 0 Å². The van der Waals surface area contributed by atoms with E-state index < -0.39 is 0 Å². The van der Waals surface area contributed by atoms with Gasteiger partial charge in [0.05, 0.1) is 0 Å². The Bertz CT molecular complexity index is 73.3. The summed E-state index contributed by atoms with van der Waals surface area (Å²) in [5, 5.41) is 3.24. The van der Waals surface area contributed by atoms with Gasteiger partial charge < -0.3 is 10.2 Å². The number of hydrogen-bond acceptors (Lipinski definition) is 2. The minimum atomic E-state index is 0.574. The molecule has 0 aromatic heterocycles. The predicted molar refractivity (Wildman–Crippen MR) is 46.3 cm³/mol. The predicted octanol–water partition coefficient (Wildman–Crippen LogP) is 0.935. The molecule has 1 N–H and O–H groups in total. The Morgan fingerprint density at radius 1 is 1.40 bits per heavy atom. The molecule has 0 saturated heterocycles. The minimum absolute atomic E-state index is 0.574. The van der Waals surface area contributed by atoms with E-state index in [1.165, 1.54) is 0 Å². The summed E-state index contributed by atoms with van der Waals surface area (Å²) in [5.74, 6) is 0. The highest BCUT2D eigenvalue weighted by Crippen LogP contribution is 1.99. The molecule has 0 aromatic rings. The van der Waals surface area contributed by atoms with Gasteiger partial charge in [-0.3, -0.25) is 0 Å². The van der Waals surface area contributed by atoms with Crippen LogP contribution in [0.2, 0.25) is 0 Å². The normalized spacial score (nSPS) is 17.4. The van der Waals surface area contributed by atoms with Gasteiger partial charge in [-0.2, -0.15) is 0 Å². The molecule has 2 atom stereocenters. The van der Waals surface area contributed by atoms with E-state index in [0.717, 1.165) is 6.54 Å². The molecule has 0 spiro atoms. The third-order valence-corrected chi connectivity index (χ3v) is 2.37. The van der Waals surface area contributed by atoms with Crippen LogP contribution in [0.25, 0.3) is 0 Å². The first kappa shape index (κ1) is 9.92. The van der Waals surface area contributed by atoms with Crippen molar-refractivity contribution in [2.45, 2.75) is 32.9 Å². The number of likely N-dealkylation sites (N-methyl/N-ethyl adjacent to an activating group) is 2. The fraction of sp³-hybridized carbons (Fsp3) is 1.00. The standard InChI is InChI=1S/C8H20N2/c1-6-10(5)8(3)7(2)9-4/h7-9H,6H2,1-5H3. The average Bonchev–Trinajstić information content (AvgIpc) is 2.00. The summed E-state index contributed by atoms with van der Waals surface area (Å²) in [6, 6.07) is 1.19. The molecule has 2 unspecified atom stereocenters. The molecule has 0 amide bonds. The summed E-state index contributed by atoms with van der Waals surface area (Å²) in [7, 11) is 4.16. The zero-order valence-corrected chi connectivity index (χ0v) is 7.81. The monoisotopic (exact) mass is 144 g/mol. The second kappa shape index (κ2) is 4.69. The Morgan fingerprint density at radius 2 is 1.90 bits per heavy atom. The first-order valence-corrected chi connectivity index (χ1v) is 4.01. The molecule has 0 rings (SSSR count). The molecule has 0 heterocycles. The number of rotatable bonds is 4. The summed E-state index contributed by atoms with van der Waals surface area (Å²) in [5.41, 5.74) is 0. The lowest BCUT2D eigenvalue weighted by atomic mass is 10.1. The Morgan fingerprint density at radius 3 is 2.20 bits per heavy atom. The Kier molecular flexibility index (Phi) is 4.65. The first-order valence-electron chi connectivity index (χ1n) is 4.01. The summed E-state index contributed by atoms with van der Waals surface area (Å²) < 4.78 is 0. The molecule has 0 aliphatic heterocycles. The smallest absolute Gasteiger partial charge is 0.0215 e. The second-order valence-electron chi connectivity index (χ2n) is 2.89. The maximum Gasteiger partial charge on any atom is 0.0215 e. The third-order valence-electron chi connectivity index (χ3n) is 2.37. The van der Waals surface area contributed by atoms with Crippen molar-refractivity contribution in [2.75, 3.05) is 20.6 Å². The fourth-order valence-electron chi connectivity index (χ4n) is 0.911. The highest BCUT2D eigenvalue weighted by molar-refractivity contribution is 4.72. The quantitative estimate of drug-likeness (QED) is 0.631. The van der Waals surface area contributed by atoms with Crippen LogP contribution < -0.4 is 5.32 Å². The van der Waals surface area contributed by atoms with E-state index in [4.69, 9.17) is 0 Å². The van der Waals surface area contributed by atoms with Crippen LogP contribution in [-0.2, 0) is 0 Å². The Labute approximate surface area is 64.6 Å². The van der Waals surface area contributed by atoms with Crippen molar-refractivity contribution in [3.8, 4) is 0 Å². The van der Waals surface area contributed by atoms with E-state index in [1.807, 2.05) is 7.05 Å². The van der Waals surface area contributed by atoms with Crippen molar-refractivity contribution in [3.05, 3.63) is 0 Å². The Balaban J connectivity index is 3.69. The van der Waals surface area contributed by atoms with Gasteiger partial charge in [0, 0.05) is 12.1 Å². The van der Waals surface area contributed by atoms with Gasteiger partial charge in [0.2, 0.25) is 0 Å². The van der Waals surface area contributed by atoms with Gasteiger partial charge in [-0.25, -0.2) is 0 Å². The van der Waals surface area contributed by atoms with Gasteiger partial charge in [-0.15, -0.1) is 0 Å². The highest BCUT2D eigenvalue weighted by Gasteiger charge is 2.12. The van der Waals surface area contributed by atoms with E-state index in [-0.39, 0.29) is 0 Å². The van der Waals surface area contributed by atoms with Crippen LogP contribution in [0.4, 0.5) is 0 Å². The molecule has 0 bridgehead atoms. The molecule has 0 fully saturated rings. The van der Waals surface area contributed by atoms with Gasteiger partial charge in [0.1, 0.15) is 0 Å². The molecule has 2 heteroatoms. The number of hydrogen-bond donors (Lipinski definition) is 1. The van der Waals surface area contributed by atoms with E-state index in [0.29, 0.717) is 12.1 Å². The van der Waals surface area contributed by atoms with Crippen LogP contribution >= 0.6 is 0 Å². The summed E-state index contributed by atoms with van der Waals surface area (Å²) in [6.07, 6.45) is 0. The number of nitrogens with zero attached hydrogens (tertiary/aromatic N) is 1. The second-order valence-corrected chi connectivity index (χ2v) is 2.89. The molecule has 0 radical (unpaired) electrons. The molecule has 0 aliphatic carbocycles. The van der Waals surface area contributed by atoms with Crippen LogP contribution in [0.1, 0.15) is 20.8 Å². The largest absolute Gasteiger partial charge is 0.316 e. The van der Waals surface area contributed by atoms with Gasteiger partial charge in [0.15, 0.2) is 0 Å². The summed E-state index contributed by atoms with van der Waals surface area (Å²) in [6.45, 7) is 7.74. The maximum atomic E-state index is 3.24. The van der Waals surface area contributed by atoms with E-state index in [2.05, 4.69) is 38.0 Å². The van der Waals surface area contributed by atoms with Gasteiger partial charge in [0.25, 0.3) is 0 Å². The third kappa shape index (κ3) is 2.67. The first-order chi connectivity index (χ1) is 4.63. The lowest BCUT2D eigenvalue weighted by Gasteiger charge is -2.28. The van der Waals surface area contributed by atoms with Crippen LogP contribution in [0.3, 0.4) is 0 Å². The number of nitrogens with one attached hydrogen (secondary N) is 1. The lowest BCUT2D eigenvalue weighted by molar-refractivity contribution is 0.229. The fourth-order valence-corrected chi connectivity index (χ4v) is 0.911. The van der Waals surface area contributed by atoms with Crippen LogP contribution in [-0.4, -0.2) is 37.6 Å². The molecule has 0 aromatic carbocycles. The van der Waals surface area contributed by atoms with Crippen LogP contribution in [0.15, 0.2) is 0 Å².